The minimum atomic E-state index is -0.587. The molecule has 0 aromatic rings. The monoisotopic (exact) mass is 298 g/mol. The predicted octanol–water partition coefficient (Wildman–Crippen LogP) is 2.96. The highest BCUT2D eigenvalue weighted by Crippen LogP contribution is 2.24. The SMILES string of the molecule is CCOC(=O)C(C)(CCN(CC)C1CCCC1)NC(C)C. The third-order valence-electron chi connectivity index (χ3n) is 4.48. The molecular formula is C17H34N2O2. The number of esters is 1. The summed E-state index contributed by atoms with van der Waals surface area (Å²) in [6.45, 7) is 12.7. The van der Waals surface area contributed by atoms with E-state index in [9.17, 15) is 4.79 Å². The minimum Gasteiger partial charge on any atom is -0.465 e. The van der Waals surface area contributed by atoms with Gasteiger partial charge in [0.2, 0.25) is 0 Å². The molecular weight excluding hydrogens is 264 g/mol. The molecule has 1 atom stereocenters. The Bertz CT molecular complexity index is 314. The Labute approximate surface area is 130 Å². The number of rotatable bonds is 9. The maximum atomic E-state index is 12.3. The first kappa shape index (κ1) is 18.4. The van der Waals surface area contributed by atoms with Crippen LogP contribution in [0.5, 0.6) is 0 Å². The van der Waals surface area contributed by atoms with E-state index in [1.807, 2.05) is 13.8 Å². The van der Waals surface area contributed by atoms with Gasteiger partial charge in [0.1, 0.15) is 5.54 Å². The number of nitrogens with one attached hydrogen (secondary N) is 1. The third kappa shape index (κ3) is 5.59. The summed E-state index contributed by atoms with van der Waals surface area (Å²) in [5.74, 6) is -0.124. The molecule has 4 heteroatoms. The molecule has 124 valence electrons. The molecule has 1 saturated carbocycles. The zero-order valence-electron chi connectivity index (χ0n) is 14.6. The first-order valence-corrected chi connectivity index (χ1v) is 8.62. The van der Waals surface area contributed by atoms with Crippen molar-refractivity contribution < 1.29 is 9.53 Å². The largest absolute Gasteiger partial charge is 0.465 e. The van der Waals surface area contributed by atoms with Gasteiger partial charge in [-0.3, -0.25) is 10.1 Å². The van der Waals surface area contributed by atoms with E-state index in [4.69, 9.17) is 4.74 Å². The van der Waals surface area contributed by atoms with Gasteiger partial charge in [0.25, 0.3) is 0 Å². The second-order valence-corrected chi connectivity index (χ2v) is 6.67. The predicted molar refractivity (Wildman–Crippen MR) is 87.4 cm³/mol. The van der Waals surface area contributed by atoms with Gasteiger partial charge in [0.15, 0.2) is 0 Å². The van der Waals surface area contributed by atoms with Gasteiger partial charge in [-0.15, -0.1) is 0 Å². The second-order valence-electron chi connectivity index (χ2n) is 6.67. The lowest BCUT2D eigenvalue weighted by Crippen LogP contribution is -2.55. The zero-order chi connectivity index (χ0) is 15.9. The van der Waals surface area contributed by atoms with Crippen molar-refractivity contribution in [2.45, 2.75) is 84.3 Å². The number of ether oxygens (including phenoxy) is 1. The lowest BCUT2D eigenvalue weighted by molar-refractivity contribution is -0.151. The Hall–Kier alpha value is -0.610. The Morgan fingerprint density at radius 2 is 1.95 bits per heavy atom. The standard InChI is InChI=1S/C17H34N2O2/c1-6-19(15-10-8-9-11-15)13-12-17(5,18-14(3)4)16(20)21-7-2/h14-15,18H,6-13H2,1-5H3. The molecule has 0 spiro atoms. The minimum absolute atomic E-state index is 0.124. The van der Waals surface area contributed by atoms with Crippen molar-refractivity contribution in [3.8, 4) is 0 Å². The van der Waals surface area contributed by atoms with Gasteiger partial charge in [0, 0.05) is 18.6 Å². The number of hydrogen-bond donors (Lipinski definition) is 1. The van der Waals surface area contributed by atoms with Crippen molar-refractivity contribution in [2.75, 3.05) is 19.7 Å². The number of carbonyl (C=O) groups excluding carboxylic acids is 1. The van der Waals surface area contributed by atoms with Gasteiger partial charge in [0.05, 0.1) is 6.61 Å². The molecule has 1 aliphatic carbocycles. The topological polar surface area (TPSA) is 41.6 Å². The van der Waals surface area contributed by atoms with Crippen LogP contribution < -0.4 is 5.32 Å². The molecule has 1 unspecified atom stereocenters. The lowest BCUT2D eigenvalue weighted by atomic mass is 9.95. The fraction of sp³-hybridized carbons (Fsp3) is 0.941. The van der Waals surface area contributed by atoms with Gasteiger partial charge in [-0.25, -0.2) is 0 Å². The first-order chi connectivity index (χ1) is 9.92. The van der Waals surface area contributed by atoms with Crippen LogP contribution in [0.1, 0.15) is 66.7 Å². The molecule has 0 aliphatic heterocycles. The van der Waals surface area contributed by atoms with E-state index < -0.39 is 5.54 Å². The van der Waals surface area contributed by atoms with Crippen molar-refractivity contribution in [1.82, 2.24) is 10.2 Å². The van der Waals surface area contributed by atoms with Crippen molar-refractivity contribution in [3.63, 3.8) is 0 Å². The molecule has 1 fully saturated rings. The van der Waals surface area contributed by atoms with Crippen LogP contribution in [0.15, 0.2) is 0 Å². The van der Waals surface area contributed by atoms with Crippen LogP contribution in [0.3, 0.4) is 0 Å². The van der Waals surface area contributed by atoms with Crippen LogP contribution in [0.25, 0.3) is 0 Å². The van der Waals surface area contributed by atoms with Crippen LogP contribution in [-0.2, 0) is 9.53 Å². The van der Waals surface area contributed by atoms with E-state index in [-0.39, 0.29) is 12.0 Å². The number of hydrogen-bond acceptors (Lipinski definition) is 4. The van der Waals surface area contributed by atoms with E-state index in [2.05, 4.69) is 31.0 Å². The molecule has 21 heavy (non-hydrogen) atoms. The molecule has 1 N–H and O–H groups in total. The number of carbonyl (C=O) groups is 1. The van der Waals surface area contributed by atoms with E-state index >= 15 is 0 Å². The average molecular weight is 298 g/mol. The normalized spacial score (nSPS) is 19.2. The molecule has 0 heterocycles. The summed E-state index contributed by atoms with van der Waals surface area (Å²) in [4.78, 5) is 14.9. The van der Waals surface area contributed by atoms with Gasteiger partial charge in [-0.05, 0) is 53.5 Å². The fourth-order valence-electron chi connectivity index (χ4n) is 3.40. The Balaban J connectivity index is 2.64. The van der Waals surface area contributed by atoms with Gasteiger partial charge in [-0.1, -0.05) is 19.8 Å². The summed E-state index contributed by atoms with van der Waals surface area (Å²) < 4.78 is 5.28. The van der Waals surface area contributed by atoms with Crippen LogP contribution in [0.4, 0.5) is 0 Å². The summed E-state index contributed by atoms with van der Waals surface area (Å²) in [7, 11) is 0. The highest BCUT2D eigenvalue weighted by atomic mass is 16.5. The van der Waals surface area contributed by atoms with E-state index in [1.165, 1.54) is 25.7 Å². The molecule has 1 rings (SSSR count). The first-order valence-electron chi connectivity index (χ1n) is 8.62. The maximum absolute atomic E-state index is 12.3. The molecule has 4 nitrogen and oxygen atoms in total. The quantitative estimate of drug-likeness (QED) is 0.665. The molecule has 0 saturated heterocycles. The van der Waals surface area contributed by atoms with Gasteiger partial charge >= 0.3 is 5.97 Å². The van der Waals surface area contributed by atoms with Crippen molar-refractivity contribution in [3.05, 3.63) is 0 Å². The lowest BCUT2D eigenvalue weighted by Gasteiger charge is -2.34. The van der Waals surface area contributed by atoms with Crippen LogP contribution in [0, 0.1) is 0 Å². The molecule has 0 bridgehead atoms. The summed E-state index contributed by atoms with van der Waals surface area (Å²) in [5, 5.41) is 3.41. The van der Waals surface area contributed by atoms with Crippen LogP contribution in [-0.4, -0.2) is 48.2 Å². The highest BCUT2D eigenvalue weighted by molar-refractivity contribution is 5.80. The van der Waals surface area contributed by atoms with Crippen molar-refractivity contribution in [2.24, 2.45) is 0 Å². The smallest absolute Gasteiger partial charge is 0.326 e. The second kappa shape index (κ2) is 8.74. The molecule has 1 aliphatic rings. The molecule has 0 aromatic heterocycles. The van der Waals surface area contributed by atoms with Gasteiger partial charge in [-0.2, -0.15) is 0 Å². The van der Waals surface area contributed by atoms with Crippen molar-refractivity contribution >= 4 is 5.97 Å². The van der Waals surface area contributed by atoms with E-state index in [0.717, 1.165) is 19.5 Å². The summed E-state index contributed by atoms with van der Waals surface area (Å²) >= 11 is 0. The fourth-order valence-corrected chi connectivity index (χ4v) is 3.40. The summed E-state index contributed by atoms with van der Waals surface area (Å²) in [6.07, 6.45) is 6.11. The van der Waals surface area contributed by atoms with Crippen LogP contribution >= 0.6 is 0 Å². The maximum Gasteiger partial charge on any atom is 0.326 e. The average Bonchev–Trinajstić information content (AvgIpc) is 2.93. The van der Waals surface area contributed by atoms with Crippen molar-refractivity contribution in [1.29, 1.82) is 0 Å². The Morgan fingerprint density at radius 3 is 2.43 bits per heavy atom. The van der Waals surface area contributed by atoms with Gasteiger partial charge < -0.3 is 9.64 Å². The number of nitrogens with zero attached hydrogens (tertiary/aromatic N) is 1. The highest BCUT2D eigenvalue weighted by Gasteiger charge is 2.36. The Kier molecular flexibility index (Phi) is 7.67. The third-order valence-corrected chi connectivity index (χ3v) is 4.48. The molecule has 0 amide bonds. The van der Waals surface area contributed by atoms with Crippen LogP contribution in [0.2, 0.25) is 0 Å². The van der Waals surface area contributed by atoms with E-state index in [0.29, 0.717) is 12.6 Å². The summed E-state index contributed by atoms with van der Waals surface area (Å²) in [5.41, 5.74) is -0.587. The zero-order valence-corrected chi connectivity index (χ0v) is 14.6. The Morgan fingerprint density at radius 1 is 1.33 bits per heavy atom. The molecule has 0 aromatic carbocycles. The molecule has 0 radical (unpaired) electrons. The summed E-state index contributed by atoms with van der Waals surface area (Å²) in [6, 6.07) is 0.974. The van der Waals surface area contributed by atoms with E-state index in [1.54, 1.807) is 0 Å².